The number of hydrogen-bond acceptors (Lipinski definition) is 6. The van der Waals surface area contributed by atoms with Crippen LogP contribution in [0.4, 0.5) is 24.5 Å². The van der Waals surface area contributed by atoms with Crippen molar-refractivity contribution in [3.05, 3.63) is 23.8 Å². The Morgan fingerprint density at radius 3 is 2.29 bits per heavy atom. The SMILES string of the molecule is CC(C(=O)Nc1cc(C(F)(F)F)ccc1N1CCOCC1)N1CCN(CC(=O)N2CCCC2)CC1. The molecule has 3 fully saturated rings. The molecule has 1 aromatic rings. The van der Waals surface area contributed by atoms with Gasteiger partial charge in [-0.1, -0.05) is 0 Å². The third-order valence-electron chi connectivity index (χ3n) is 7.09. The van der Waals surface area contributed by atoms with Crippen molar-refractivity contribution in [1.29, 1.82) is 0 Å². The van der Waals surface area contributed by atoms with Crippen LogP contribution < -0.4 is 10.2 Å². The number of anilines is 2. The van der Waals surface area contributed by atoms with Crippen LogP contribution in [0.25, 0.3) is 0 Å². The zero-order valence-electron chi connectivity index (χ0n) is 20.1. The molecule has 35 heavy (non-hydrogen) atoms. The fourth-order valence-electron chi connectivity index (χ4n) is 4.86. The third kappa shape index (κ3) is 6.45. The van der Waals surface area contributed by atoms with E-state index in [9.17, 15) is 22.8 Å². The van der Waals surface area contributed by atoms with Gasteiger partial charge in [-0.05, 0) is 38.0 Å². The lowest BCUT2D eigenvalue weighted by Crippen LogP contribution is -2.54. The molecule has 2 amide bonds. The first-order valence-corrected chi connectivity index (χ1v) is 12.3. The molecule has 0 aromatic heterocycles. The number of likely N-dealkylation sites (tertiary alicyclic amines) is 1. The standard InChI is InChI=1S/C24H34F3N5O3/c1-18(30-10-8-29(9-11-30)17-22(33)32-6-2-3-7-32)23(34)28-20-16-19(24(25,26)27)4-5-21(20)31-12-14-35-15-13-31/h4-5,16,18H,2-3,6-15,17H2,1H3,(H,28,34). The number of carbonyl (C=O) groups excluding carboxylic acids is 2. The highest BCUT2D eigenvalue weighted by molar-refractivity contribution is 5.97. The Bertz CT molecular complexity index is 893. The van der Waals surface area contributed by atoms with Crippen molar-refractivity contribution in [2.45, 2.75) is 32.0 Å². The molecule has 3 saturated heterocycles. The van der Waals surface area contributed by atoms with Gasteiger partial charge in [0.05, 0.1) is 42.7 Å². The van der Waals surface area contributed by atoms with Gasteiger partial charge in [-0.15, -0.1) is 0 Å². The molecule has 0 saturated carbocycles. The maximum Gasteiger partial charge on any atom is 0.416 e. The summed E-state index contributed by atoms with van der Waals surface area (Å²) in [6.45, 7) is 8.43. The van der Waals surface area contributed by atoms with Crippen LogP contribution in [-0.2, 0) is 20.5 Å². The van der Waals surface area contributed by atoms with Gasteiger partial charge in [-0.25, -0.2) is 0 Å². The normalized spacial score (nSPS) is 21.3. The summed E-state index contributed by atoms with van der Waals surface area (Å²) in [6.07, 6.45) is -2.38. The molecule has 1 aromatic carbocycles. The Morgan fingerprint density at radius 2 is 1.66 bits per heavy atom. The zero-order valence-corrected chi connectivity index (χ0v) is 20.1. The number of hydrogen-bond donors (Lipinski definition) is 1. The molecule has 0 radical (unpaired) electrons. The predicted octanol–water partition coefficient (Wildman–Crippen LogP) is 2.11. The molecular formula is C24H34F3N5O3. The number of alkyl halides is 3. The van der Waals surface area contributed by atoms with Crippen LogP contribution in [0.5, 0.6) is 0 Å². The number of rotatable bonds is 6. The summed E-state index contributed by atoms with van der Waals surface area (Å²) in [7, 11) is 0. The number of piperazine rings is 1. The Kier molecular flexibility index (Phi) is 8.18. The van der Waals surface area contributed by atoms with Crippen molar-refractivity contribution in [2.24, 2.45) is 0 Å². The van der Waals surface area contributed by atoms with E-state index in [2.05, 4.69) is 10.2 Å². The Hall–Kier alpha value is -2.37. The van der Waals surface area contributed by atoms with E-state index >= 15 is 0 Å². The average Bonchev–Trinajstić information content (AvgIpc) is 3.39. The van der Waals surface area contributed by atoms with Crippen LogP contribution in [0.2, 0.25) is 0 Å². The highest BCUT2D eigenvalue weighted by Gasteiger charge is 2.33. The third-order valence-corrected chi connectivity index (χ3v) is 7.09. The Balaban J connectivity index is 1.37. The van der Waals surface area contributed by atoms with Gasteiger partial charge in [-0.3, -0.25) is 19.4 Å². The predicted molar refractivity (Wildman–Crippen MR) is 126 cm³/mol. The van der Waals surface area contributed by atoms with Crippen molar-refractivity contribution in [3.63, 3.8) is 0 Å². The monoisotopic (exact) mass is 497 g/mol. The van der Waals surface area contributed by atoms with Gasteiger partial charge in [0.15, 0.2) is 0 Å². The van der Waals surface area contributed by atoms with Crippen molar-refractivity contribution in [3.8, 4) is 0 Å². The minimum absolute atomic E-state index is 0.155. The van der Waals surface area contributed by atoms with E-state index < -0.39 is 17.8 Å². The fraction of sp³-hybridized carbons (Fsp3) is 0.667. The van der Waals surface area contributed by atoms with Gasteiger partial charge in [0, 0.05) is 52.4 Å². The molecule has 1 N–H and O–H groups in total. The number of nitrogens with zero attached hydrogens (tertiary/aromatic N) is 4. The summed E-state index contributed by atoms with van der Waals surface area (Å²) < 4.78 is 45.5. The molecule has 0 spiro atoms. The van der Waals surface area contributed by atoms with Crippen LogP contribution in [0.3, 0.4) is 0 Å². The quantitative estimate of drug-likeness (QED) is 0.650. The zero-order chi connectivity index (χ0) is 25.0. The van der Waals surface area contributed by atoms with Crippen LogP contribution in [0, 0.1) is 0 Å². The summed E-state index contributed by atoms with van der Waals surface area (Å²) in [4.78, 5) is 33.5. The van der Waals surface area contributed by atoms with Gasteiger partial charge in [0.25, 0.3) is 0 Å². The lowest BCUT2D eigenvalue weighted by atomic mass is 10.1. The minimum Gasteiger partial charge on any atom is -0.378 e. The van der Waals surface area contributed by atoms with Gasteiger partial charge in [0.2, 0.25) is 11.8 Å². The molecule has 0 bridgehead atoms. The smallest absolute Gasteiger partial charge is 0.378 e. The maximum absolute atomic E-state index is 13.4. The van der Waals surface area contributed by atoms with Gasteiger partial charge < -0.3 is 19.9 Å². The maximum atomic E-state index is 13.4. The highest BCUT2D eigenvalue weighted by atomic mass is 19.4. The molecule has 3 heterocycles. The Morgan fingerprint density at radius 1 is 1.00 bits per heavy atom. The van der Waals surface area contributed by atoms with Crippen LogP contribution in [0.1, 0.15) is 25.3 Å². The molecular weight excluding hydrogens is 463 g/mol. The first-order valence-electron chi connectivity index (χ1n) is 12.3. The Labute approximate surface area is 204 Å². The minimum atomic E-state index is -4.50. The number of carbonyl (C=O) groups is 2. The van der Waals surface area contributed by atoms with Crippen LogP contribution >= 0.6 is 0 Å². The second-order valence-corrected chi connectivity index (χ2v) is 9.39. The van der Waals surface area contributed by atoms with Crippen molar-refractivity contribution in [2.75, 3.05) is 82.3 Å². The number of ether oxygens (including phenoxy) is 1. The van der Waals surface area contributed by atoms with Gasteiger partial charge in [-0.2, -0.15) is 13.2 Å². The summed E-state index contributed by atoms with van der Waals surface area (Å²) in [6, 6.07) is 2.97. The number of morpholine rings is 1. The second kappa shape index (κ2) is 11.1. The first kappa shape index (κ1) is 25.7. The number of nitrogens with one attached hydrogen (secondary N) is 1. The molecule has 1 atom stereocenters. The molecule has 11 heteroatoms. The molecule has 1 unspecified atom stereocenters. The number of amides is 2. The molecule has 4 rings (SSSR count). The van der Waals surface area contributed by atoms with E-state index in [1.807, 2.05) is 14.7 Å². The van der Waals surface area contributed by atoms with E-state index in [0.29, 0.717) is 64.7 Å². The summed E-state index contributed by atoms with van der Waals surface area (Å²) in [5.41, 5.74) is -0.0748. The van der Waals surface area contributed by atoms with Crippen molar-refractivity contribution in [1.82, 2.24) is 14.7 Å². The molecule has 3 aliphatic rings. The molecule has 8 nitrogen and oxygen atoms in total. The summed E-state index contributed by atoms with van der Waals surface area (Å²) in [5, 5.41) is 2.76. The van der Waals surface area contributed by atoms with E-state index in [1.54, 1.807) is 6.92 Å². The fourth-order valence-corrected chi connectivity index (χ4v) is 4.86. The molecule has 0 aliphatic carbocycles. The van der Waals surface area contributed by atoms with E-state index in [0.717, 1.165) is 38.1 Å². The molecule has 194 valence electrons. The van der Waals surface area contributed by atoms with E-state index in [-0.39, 0.29) is 17.5 Å². The number of benzene rings is 1. The highest BCUT2D eigenvalue weighted by Crippen LogP contribution is 2.36. The van der Waals surface area contributed by atoms with Crippen molar-refractivity contribution >= 4 is 23.2 Å². The van der Waals surface area contributed by atoms with Gasteiger partial charge >= 0.3 is 6.18 Å². The lowest BCUT2D eigenvalue weighted by Gasteiger charge is -2.37. The summed E-state index contributed by atoms with van der Waals surface area (Å²) in [5.74, 6) is -0.192. The van der Waals surface area contributed by atoms with E-state index in [4.69, 9.17) is 4.74 Å². The van der Waals surface area contributed by atoms with Gasteiger partial charge in [0.1, 0.15) is 0 Å². The second-order valence-electron chi connectivity index (χ2n) is 9.39. The lowest BCUT2D eigenvalue weighted by molar-refractivity contribution is -0.137. The largest absolute Gasteiger partial charge is 0.416 e. The van der Waals surface area contributed by atoms with E-state index in [1.165, 1.54) is 6.07 Å². The number of halogens is 3. The average molecular weight is 498 g/mol. The first-order chi connectivity index (χ1) is 16.7. The van der Waals surface area contributed by atoms with Crippen LogP contribution in [0.15, 0.2) is 18.2 Å². The topological polar surface area (TPSA) is 68.4 Å². The summed E-state index contributed by atoms with van der Waals surface area (Å²) >= 11 is 0. The van der Waals surface area contributed by atoms with Crippen LogP contribution in [-0.4, -0.2) is 105 Å². The molecule has 3 aliphatic heterocycles. The van der Waals surface area contributed by atoms with Crippen molar-refractivity contribution < 1.29 is 27.5 Å².